The molecule has 0 saturated carbocycles. The molecule has 0 bridgehead atoms. The molecule has 162 valence electrons. The van der Waals surface area contributed by atoms with Crippen LogP contribution in [0.15, 0.2) is 41.5 Å². The van der Waals surface area contributed by atoms with E-state index in [1.54, 1.807) is 18.3 Å². The van der Waals surface area contributed by atoms with E-state index in [0.29, 0.717) is 35.2 Å². The highest BCUT2D eigenvalue weighted by Gasteiger charge is 2.41. The summed E-state index contributed by atoms with van der Waals surface area (Å²) in [6.07, 6.45) is 3.42. The maximum atomic E-state index is 13.7. The third kappa shape index (κ3) is 3.43. The van der Waals surface area contributed by atoms with Crippen molar-refractivity contribution >= 4 is 28.4 Å². The second kappa shape index (κ2) is 7.17. The Morgan fingerprint density at radius 3 is 2.65 bits per heavy atom. The molecule has 1 aromatic carbocycles. The number of halogens is 3. The zero-order valence-electron chi connectivity index (χ0n) is 16.8. The fourth-order valence-electron chi connectivity index (χ4n) is 4.17. The van der Waals surface area contributed by atoms with Gasteiger partial charge in [0.05, 0.1) is 48.3 Å². The predicted octanol–water partition coefficient (Wildman–Crippen LogP) is 3.40. The summed E-state index contributed by atoms with van der Waals surface area (Å²) in [5.74, 6) is -0.853. The van der Waals surface area contributed by atoms with Gasteiger partial charge in [-0.15, -0.1) is 0 Å². The number of hydrogen-bond acceptors (Lipinski definition) is 3. The van der Waals surface area contributed by atoms with Crippen molar-refractivity contribution in [3.05, 3.63) is 57.9 Å². The van der Waals surface area contributed by atoms with Gasteiger partial charge < -0.3 is 18.8 Å². The number of carbonyl (C=O) groups is 1. The van der Waals surface area contributed by atoms with E-state index in [2.05, 4.69) is 0 Å². The summed E-state index contributed by atoms with van der Waals surface area (Å²) in [5, 5.41) is 0.382. The normalized spacial score (nSPS) is 18.1. The average molecular weight is 448 g/mol. The monoisotopic (exact) mass is 447 g/mol. The first-order valence-electron chi connectivity index (χ1n) is 9.97. The van der Waals surface area contributed by atoms with E-state index in [0.717, 1.165) is 0 Å². The molecule has 6 nitrogen and oxygen atoms in total. The number of likely N-dealkylation sites (tertiary alicyclic amines) is 1. The number of benzene rings is 1. The van der Waals surface area contributed by atoms with Crippen LogP contribution in [0.4, 0.5) is 8.78 Å². The van der Waals surface area contributed by atoms with E-state index < -0.39 is 11.5 Å². The minimum atomic E-state index is -1.37. The van der Waals surface area contributed by atoms with E-state index >= 15 is 0 Å². The number of pyridine rings is 1. The lowest BCUT2D eigenvalue weighted by molar-refractivity contribution is -0.144. The number of alkyl halides is 1. The number of ether oxygens (including phenoxy) is 1. The molecule has 2 aliphatic heterocycles. The van der Waals surface area contributed by atoms with Gasteiger partial charge in [-0.05, 0) is 30.7 Å². The van der Waals surface area contributed by atoms with E-state index in [-0.39, 0.29) is 42.2 Å². The zero-order valence-corrected chi connectivity index (χ0v) is 17.5. The van der Waals surface area contributed by atoms with Crippen molar-refractivity contribution < 1.29 is 18.3 Å². The van der Waals surface area contributed by atoms with Gasteiger partial charge in [0.1, 0.15) is 18.0 Å². The summed E-state index contributed by atoms with van der Waals surface area (Å²) in [7, 11) is 0. The Labute approximate surface area is 181 Å². The summed E-state index contributed by atoms with van der Waals surface area (Å²) >= 11 is 5.98. The molecular formula is C22H20ClF2N3O3. The number of fused-ring (bicyclic) bond motifs is 1. The van der Waals surface area contributed by atoms with Crippen molar-refractivity contribution in [2.24, 2.45) is 0 Å². The van der Waals surface area contributed by atoms with Gasteiger partial charge in [0, 0.05) is 18.0 Å². The van der Waals surface area contributed by atoms with Crippen LogP contribution in [-0.4, -0.2) is 51.9 Å². The Bertz CT molecular complexity index is 1250. The Balaban J connectivity index is 1.59. The quantitative estimate of drug-likeness (QED) is 0.616. The molecule has 9 heteroatoms. The van der Waals surface area contributed by atoms with Crippen molar-refractivity contribution in [3.8, 4) is 11.1 Å². The molecule has 5 rings (SSSR count). The Morgan fingerprint density at radius 2 is 2.03 bits per heavy atom. The zero-order chi connectivity index (χ0) is 21.9. The topological polar surface area (TPSA) is 56.5 Å². The van der Waals surface area contributed by atoms with Gasteiger partial charge in [-0.2, -0.15) is 0 Å². The first kappa shape index (κ1) is 20.2. The SMILES string of the molecule is CC1(F)CN(C(=O)Cn2ccc3c(c(-c4ccc(F)c(Cl)c4)cn3C3COC3)c2=O)C1. The molecule has 3 aromatic rings. The molecule has 0 aliphatic carbocycles. The molecule has 2 aliphatic rings. The van der Waals surface area contributed by atoms with Crippen LogP contribution in [0.2, 0.25) is 5.02 Å². The van der Waals surface area contributed by atoms with Crippen LogP contribution in [0, 0.1) is 5.82 Å². The van der Waals surface area contributed by atoms with Crippen LogP contribution in [-0.2, 0) is 16.1 Å². The molecule has 0 unspecified atom stereocenters. The fourth-order valence-corrected chi connectivity index (χ4v) is 4.35. The molecule has 2 aromatic heterocycles. The standard InChI is InChI=1S/C22H20ClF2N3O3/c1-22(25)11-27(12-22)19(29)8-26-5-4-18-20(21(26)30)15(7-28(18)14-9-31-10-14)13-2-3-17(24)16(23)6-13/h2-7,14H,8-12H2,1H3. The van der Waals surface area contributed by atoms with Crippen LogP contribution >= 0.6 is 11.6 Å². The Morgan fingerprint density at radius 1 is 1.29 bits per heavy atom. The Hall–Kier alpha value is -2.71. The highest BCUT2D eigenvalue weighted by atomic mass is 35.5. The van der Waals surface area contributed by atoms with Crippen LogP contribution in [0.25, 0.3) is 22.0 Å². The molecule has 4 heterocycles. The van der Waals surface area contributed by atoms with E-state index in [1.807, 2.05) is 10.8 Å². The van der Waals surface area contributed by atoms with Gasteiger partial charge in [0.2, 0.25) is 5.91 Å². The summed E-state index contributed by atoms with van der Waals surface area (Å²) in [4.78, 5) is 27.3. The molecular weight excluding hydrogens is 428 g/mol. The highest BCUT2D eigenvalue weighted by Crippen LogP contribution is 2.34. The third-order valence-electron chi connectivity index (χ3n) is 5.90. The molecule has 0 atom stereocenters. The van der Waals surface area contributed by atoms with Gasteiger partial charge in [-0.1, -0.05) is 17.7 Å². The van der Waals surface area contributed by atoms with Crippen molar-refractivity contribution in [2.75, 3.05) is 26.3 Å². The molecule has 0 spiro atoms. The predicted molar refractivity (Wildman–Crippen MR) is 113 cm³/mol. The number of aromatic nitrogens is 2. The third-order valence-corrected chi connectivity index (χ3v) is 6.19. The Kier molecular flexibility index (Phi) is 4.67. The van der Waals surface area contributed by atoms with Crippen LogP contribution in [0.3, 0.4) is 0 Å². The van der Waals surface area contributed by atoms with Crippen molar-refractivity contribution in [3.63, 3.8) is 0 Å². The molecule has 1 amide bonds. The van der Waals surface area contributed by atoms with Crippen LogP contribution < -0.4 is 5.56 Å². The van der Waals surface area contributed by atoms with E-state index in [9.17, 15) is 18.4 Å². The number of carbonyl (C=O) groups excluding carboxylic acids is 1. The lowest BCUT2D eigenvalue weighted by Crippen LogP contribution is -2.60. The molecule has 2 saturated heterocycles. The van der Waals surface area contributed by atoms with Crippen molar-refractivity contribution in [1.29, 1.82) is 0 Å². The van der Waals surface area contributed by atoms with Crippen LogP contribution in [0.5, 0.6) is 0 Å². The summed E-state index contributed by atoms with van der Waals surface area (Å²) in [6.45, 7) is 2.40. The van der Waals surface area contributed by atoms with Gasteiger partial charge in [-0.3, -0.25) is 9.59 Å². The lowest BCUT2D eigenvalue weighted by Gasteiger charge is -2.42. The van der Waals surface area contributed by atoms with Crippen molar-refractivity contribution in [2.45, 2.75) is 25.2 Å². The highest BCUT2D eigenvalue weighted by molar-refractivity contribution is 6.31. The molecule has 31 heavy (non-hydrogen) atoms. The average Bonchev–Trinajstić information content (AvgIpc) is 3.02. The smallest absolute Gasteiger partial charge is 0.261 e. The first-order valence-corrected chi connectivity index (χ1v) is 10.4. The number of hydrogen-bond donors (Lipinski definition) is 0. The van der Waals surface area contributed by atoms with Gasteiger partial charge in [0.25, 0.3) is 5.56 Å². The molecule has 0 radical (unpaired) electrons. The summed E-state index contributed by atoms with van der Waals surface area (Å²) in [5.41, 5.74) is 0.201. The molecule has 0 N–H and O–H groups in total. The maximum Gasteiger partial charge on any atom is 0.261 e. The fraction of sp³-hybridized carbons (Fsp3) is 0.364. The van der Waals surface area contributed by atoms with Gasteiger partial charge in [-0.25, -0.2) is 8.78 Å². The van der Waals surface area contributed by atoms with Crippen molar-refractivity contribution in [1.82, 2.24) is 14.0 Å². The first-order chi connectivity index (χ1) is 14.7. The largest absolute Gasteiger partial charge is 0.377 e. The van der Waals surface area contributed by atoms with E-state index in [1.165, 1.54) is 28.5 Å². The minimum Gasteiger partial charge on any atom is -0.377 e. The molecule has 2 fully saturated rings. The van der Waals surface area contributed by atoms with E-state index in [4.69, 9.17) is 16.3 Å². The van der Waals surface area contributed by atoms with Gasteiger partial charge in [0.15, 0.2) is 0 Å². The summed E-state index contributed by atoms with van der Waals surface area (Å²) in [6, 6.07) is 6.19. The van der Waals surface area contributed by atoms with Crippen LogP contribution in [0.1, 0.15) is 13.0 Å². The van der Waals surface area contributed by atoms with Gasteiger partial charge >= 0.3 is 0 Å². The number of rotatable bonds is 4. The lowest BCUT2D eigenvalue weighted by atomic mass is 9.99. The second-order valence-corrected chi connectivity index (χ2v) is 8.85. The summed E-state index contributed by atoms with van der Waals surface area (Å²) < 4.78 is 36.0. The second-order valence-electron chi connectivity index (χ2n) is 8.44. The maximum absolute atomic E-state index is 13.7. The number of amides is 1. The minimum absolute atomic E-state index is 0.0280. The number of nitrogens with zero attached hydrogens (tertiary/aromatic N) is 3.